The molecule has 7 nitrogen and oxygen atoms in total. The Hall–Kier alpha value is -2.25. The Morgan fingerprint density at radius 2 is 2.00 bits per heavy atom. The molecule has 144 valence electrons. The van der Waals surface area contributed by atoms with Gasteiger partial charge in [0.1, 0.15) is 6.04 Å². The van der Waals surface area contributed by atoms with Crippen molar-refractivity contribution in [3.63, 3.8) is 0 Å². The zero-order chi connectivity index (χ0) is 19.1. The van der Waals surface area contributed by atoms with Gasteiger partial charge >= 0.3 is 0 Å². The number of imide groups is 1. The lowest BCUT2D eigenvalue weighted by molar-refractivity contribution is -0.136. The quantitative estimate of drug-likeness (QED) is 0.763. The molecule has 0 aliphatic carbocycles. The van der Waals surface area contributed by atoms with Gasteiger partial charge in [-0.1, -0.05) is 18.2 Å². The third-order valence-electron chi connectivity index (χ3n) is 6.18. The number of benzene rings is 1. The zero-order valence-corrected chi connectivity index (χ0v) is 15.8. The van der Waals surface area contributed by atoms with Crippen LogP contribution in [0.1, 0.15) is 48.2 Å². The summed E-state index contributed by atoms with van der Waals surface area (Å²) in [6.07, 6.45) is 0.672. The van der Waals surface area contributed by atoms with Crippen LogP contribution in [-0.4, -0.2) is 58.7 Å². The number of hydrogen-bond acceptors (Lipinski definition) is 5. The molecule has 3 amide bonds. The lowest BCUT2D eigenvalue weighted by atomic mass is 10.00. The molecular formula is C20H26N4O3. The van der Waals surface area contributed by atoms with Crippen LogP contribution >= 0.6 is 0 Å². The molecule has 3 heterocycles. The van der Waals surface area contributed by atoms with Crippen LogP contribution in [0.2, 0.25) is 0 Å². The van der Waals surface area contributed by atoms with Crippen molar-refractivity contribution in [2.75, 3.05) is 13.1 Å². The van der Waals surface area contributed by atoms with E-state index < -0.39 is 6.04 Å². The van der Waals surface area contributed by atoms with Gasteiger partial charge in [0.25, 0.3) is 5.91 Å². The molecule has 0 radical (unpaired) electrons. The summed E-state index contributed by atoms with van der Waals surface area (Å²) in [5, 5.41) is 5.84. The van der Waals surface area contributed by atoms with E-state index in [0.29, 0.717) is 25.0 Å². The lowest BCUT2D eigenvalue weighted by Crippen LogP contribution is -2.55. The van der Waals surface area contributed by atoms with Crippen LogP contribution in [0.3, 0.4) is 0 Å². The number of amides is 3. The predicted octanol–water partition coefficient (Wildman–Crippen LogP) is 0.630. The standard InChI is InChI=1S/C20H26N4O3/c1-12-13(2)23(9-8-21-12)10-14-4-3-5-15-11-24(20(27)18(14)15)16-6-7-17(25)22-19(16)26/h3-5,12-13,16,21H,6-11H2,1-2H3,(H,22,25,26). The van der Waals surface area contributed by atoms with Crippen molar-refractivity contribution in [3.05, 3.63) is 34.9 Å². The number of piperazine rings is 1. The number of fused-ring (bicyclic) bond motifs is 1. The Labute approximate surface area is 159 Å². The van der Waals surface area contributed by atoms with E-state index in [9.17, 15) is 14.4 Å². The van der Waals surface area contributed by atoms with Crippen molar-refractivity contribution >= 4 is 17.7 Å². The van der Waals surface area contributed by atoms with E-state index in [0.717, 1.165) is 36.3 Å². The van der Waals surface area contributed by atoms with Gasteiger partial charge in [0, 0.05) is 50.2 Å². The molecule has 3 unspecified atom stereocenters. The van der Waals surface area contributed by atoms with Gasteiger partial charge in [-0.25, -0.2) is 0 Å². The lowest BCUT2D eigenvalue weighted by Gasteiger charge is -2.38. The average Bonchev–Trinajstić information content (AvgIpc) is 2.97. The fourth-order valence-electron chi connectivity index (χ4n) is 4.39. The highest BCUT2D eigenvalue weighted by atomic mass is 16.2. The second-order valence-electron chi connectivity index (χ2n) is 7.81. The molecule has 0 aromatic heterocycles. The van der Waals surface area contributed by atoms with Crippen molar-refractivity contribution in [1.29, 1.82) is 0 Å². The maximum Gasteiger partial charge on any atom is 0.255 e. The minimum atomic E-state index is -0.561. The summed E-state index contributed by atoms with van der Waals surface area (Å²) >= 11 is 0. The summed E-state index contributed by atoms with van der Waals surface area (Å²) in [6, 6.07) is 6.21. The number of carbonyl (C=O) groups excluding carboxylic acids is 3. The van der Waals surface area contributed by atoms with Crippen molar-refractivity contribution in [1.82, 2.24) is 20.4 Å². The summed E-state index contributed by atoms with van der Waals surface area (Å²) < 4.78 is 0. The molecule has 3 atom stereocenters. The Morgan fingerprint density at radius 3 is 2.78 bits per heavy atom. The van der Waals surface area contributed by atoms with Crippen LogP contribution < -0.4 is 10.6 Å². The van der Waals surface area contributed by atoms with Gasteiger partial charge in [-0.2, -0.15) is 0 Å². The highest BCUT2D eigenvalue weighted by Crippen LogP contribution is 2.31. The number of hydrogen-bond donors (Lipinski definition) is 2. The van der Waals surface area contributed by atoms with Gasteiger partial charge in [-0.3, -0.25) is 24.6 Å². The number of piperidine rings is 1. The third kappa shape index (κ3) is 3.26. The van der Waals surface area contributed by atoms with E-state index in [-0.39, 0.29) is 24.1 Å². The van der Waals surface area contributed by atoms with Crippen LogP contribution in [0.5, 0.6) is 0 Å². The summed E-state index contributed by atoms with van der Waals surface area (Å²) in [4.78, 5) is 40.8. The van der Waals surface area contributed by atoms with Crippen LogP contribution in [0.4, 0.5) is 0 Å². The Kier molecular flexibility index (Phi) is 4.74. The first-order valence-corrected chi connectivity index (χ1v) is 9.68. The van der Waals surface area contributed by atoms with Crippen LogP contribution in [0.25, 0.3) is 0 Å². The topological polar surface area (TPSA) is 81.8 Å². The SMILES string of the molecule is CC1NCCN(Cc2cccc3c2C(=O)N(C2CCC(=O)NC2=O)C3)C1C. The number of nitrogens with zero attached hydrogens (tertiary/aromatic N) is 2. The normalized spacial score (nSPS) is 29.0. The maximum atomic E-state index is 13.2. The van der Waals surface area contributed by atoms with Gasteiger partial charge in [-0.05, 0) is 31.4 Å². The molecule has 3 aliphatic heterocycles. The molecule has 2 fully saturated rings. The molecule has 1 aromatic rings. The minimum Gasteiger partial charge on any atom is -0.322 e. The summed E-state index contributed by atoms with van der Waals surface area (Å²) in [7, 11) is 0. The summed E-state index contributed by atoms with van der Waals surface area (Å²) in [6.45, 7) is 7.43. The predicted molar refractivity (Wildman–Crippen MR) is 99.8 cm³/mol. The fraction of sp³-hybridized carbons (Fsp3) is 0.550. The largest absolute Gasteiger partial charge is 0.322 e. The Morgan fingerprint density at radius 1 is 1.19 bits per heavy atom. The second-order valence-corrected chi connectivity index (χ2v) is 7.81. The van der Waals surface area contributed by atoms with E-state index in [1.165, 1.54) is 0 Å². The van der Waals surface area contributed by atoms with Gasteiger partial charge in [0.15, 0.2) is 0 Å². The maximum absolute atomic E-state index is 13.2. The fourth-order valence-corrected chi connectivity index (χ4v) is 4.39. The highest BCUT2D eigenvalue weighted by molar-refractivity contribution is 6.05. The average molecular weight is 370 g/mol. The summed E-state index contributed by atoms with van der Waals surface area (Å²) in [5.74, 6) is -0.715. The third-order valence-corrected chi connectivity index (χ3v) is 6.18. The number of nitrogens with one attached hydrogen (secondary N) is 2. The number of rotatable bonds is 3. The molecule has 2 N–H and O–H groups in total. The first-order valence-electron chi connectivity index (χ1n) is 9.68. The Balaban J connectivity index is 1.56. The van der Waals surface area contributed by atoms with E-state index in [4.69, 9.17) is 0 Å². The molecular weight excluding hydrogens is 344 g/mol. The molecule has 1 aromatic carbocycles. The van der Waals surface area contributed by atoms with Gasteiger partial charge in [0.2, 0.25) is 11.8 Å². The van der Waals surface area contributed by atoms with E-state index in [2.05, 4.69) is 29.4 Å². The van der Waals surface area contributed by atoms with Crippen molar-refractivity contribution in [2.45, 2.75) is 57.9 Å². The monoisotopic (exact) mass is 370 g/mol. The van der Waals surface area contributed by atoms with E-state index >= 15 is 0 Å². The van der Waals surface area contributed by atoms with Gasteiger partial charge in [0.05, 0.1) is 0 Å². The van der Waals surface area contributed by atoms with Crippen molar-refractivity contribution in [2.24, 2.45) is 0 Å². The van der Waals surface area contributed by atoms with Gasteiger partial charge < -0.3 is 10.2 Å². The van der Waals surface area contributed by atoms with E-state index in [1.807, 2.05) is 18.2 Å². The first-order chi connectivity index (χ1) is 13.0. The van der Waals surface area contributed by atoms with Crippen LogP contribution in [0.15, 0.2) is 18.2 Å². The zero-order valence-electron chi connectivity index (χ0n) is 15.8. The molecule has 4 rings (SSSR count). The smallest absolute Gasteiger partial charge is 0.255 e. The minimum absolute atomic E-state index is 0.0917. The molecule has 3 aliphatic rings. The molecule has 27 heavy (non-hydrogen) atoms. The Bertz CT molecular complexity index is 793. The van der Waals surface area contributed by atoms with Gasteiger partial charge in [-0.15, -0.1) is 0 Å². The highest BCUT2D eigenvalue weighted by Gasteiger charge is 2.40. The van der Waals surface area contributed by atoms with Crippen molar-refractivity contribution in [3.8, 4) is 0 Å². The molecule has 0 saturated carbocycles. The van der Waals surface area contributed by atoms with Crippen LogP contribution in [0, 0.1) is 0 Å². The molecule has 7 heteroatoms. The molecule has 0 spiro atoms. The van der Waals surface area contributed by atoms with Crippen LogP contribution in [-0.2, 0) is 22.7 Å². The number of carbonyl (C=O) groups is 3. The second kappa shape index (κ2) is 7.05. The molecule has 2 saturated heterocycles. The first kappa shape index (κ1) is 18.1. The van der Waals surface area contributed by atoms with Crippen molar-refractivity contribution < 1.29 is 14.4 Å². The molecule has 0 bridgehead atoms. The summed E-state index contributed by atoms with van der Waals surface area (Å²) in [5.41, 5.74) is 2.73. The van der Waals surface area contributed by atoms with E-state index in [1.54, 1.807) is 4.90 Å².